The van der Waals surface area contributed by atoms with E-state index in [4.69, 9.17) is 4.74 Å². The van der Waals surface area contributed by atoms with Crippen LogP contribution in [0.25, 0.3) is 0 Å². The number of sulfonamides is 2. The molecule has 1 saturated carbocycles. The molecule has 2 fully saturated rings. The fraction of sp³-hybridized carbons (Fsp3) is 0.381. The molecule has 0 aromatic heterocycles. The highest BCUT2D eigenvalue weighted by molar-refractivity contribution is 7.89. The fourth-order valence-electron chi connectivity index (χ4n) is 3.67. The van der Waals surface area contributed by atoms with Crippen LogP contribution in [0.15, 0.2) is 58.3 Å². The molecular formula is C21H25N3O6S2. The van der Waals surface area contributed by atoms with Gasteiger partial charge in [0.15, 0.2) is 0 Å². The van der Waals surface area contributed by atoms with Crippen LogP contribution in [0.4, 0.5) is 5.69 Å². The van der Waals surface area contributed by atoms with E-state index < -0.39 is 32.0 Å². The molecule has 4 rings (SSSR count). The molecule has 2 aromatic rings. The van der Waals surface area contributed by atoms with Gasteiger partial charge in [0.05, 0.1) is 22.6 Å². The molecule has 2 N–H and O–H groups in total. The number of carbonyl (C=O) groups is 1. The molecule has 2 aromatic carbocycles. The van der Waals surface area contributed by atoms with Crippen molar-refractivity contribution in [2.24, 2.45) is 0 Å². The Kier molecular flexibility index (Phi) is 6.26. The topological polar surface area (TPSA) is 122 Å². The van der Waals surface area contributed by atoms with Gasteiger partial charge in [-0.25, -0.2) is 21.6 Å². The van der Waals surface area contributed by atoms with Crippen LogP contribution in [-0.2, 0) is 24.8 Å². The van der Waals surface area contributed by atoms with E-state index in [1.165, 1.54) is 41.7 Å². The summed E-state index contributed by atoms with van der Waals surface area (Å²) in [6.45, 7) is 0.228. The van der Waals surface area contributed by atoms with Crippen molar-refractivity contribution in [3.8, 4) is 5.75 Å². The molecule has 9 nitrogen and oxygen atoms in total. The second kappa shape index (κ2) is 8.81. The first-order valence-corrected chi connectivity index (χ1v) is 13.2. The summed E-state index contributed by atoms with van der Waals surface area (Å²) in [5.41, 5.74) is 0.167. The minimum absolute atomic E-state index is 0.000634. The second-order valence-electron chi connectivity index (χ2n) is 7.83. The summed E-state index contributed by atoms with van der Waals surface area (Å²) in [6.07, 6.45) is 2.50. The van der Waals surface area contributed by atoms with Crippen molar-refractivity contribution < 1.29 is 26.4 Å². The minimum atomic E-state index is -3.84. The Morgan fingerprint density at radius 2 is 1.72 bits per heavy atom. The van der Waals surface area contributed by atoms with E-state index in [0.717, 1.165) is 12.8 Å². The summed E-state index contributed by atoms with van der Waals surface area (Å²) in [5.74, 6) is -0.260. The van der Waals surface area contributed by atoms with Gasteiger partial charge in [0.2, 0.25) is 26.0 Å². The molecule has 1 unspecified atom stereocenters. The average molecular weight is 480 g/mol. The van der Waals surface area contributed by atoms with Crippen molar-refractivity contribution >= 4 is 31.6 Å². The van der Waals surface area contributed by atoms with E-state index in [1.54, 1.807) is 18.2 Å². The third-order valence-electron chi connectivity index (χ3n) is 5.49. The number of amides is 1. The Bertz CT molecular complexity index is 1210. The van der Waals surface area contributed by atoms with Crippen LogP contribution in [0.2, 0.25) is 0 Å². The lowest BCUT2D eigenvalue weighted by Crippen LogP contribution is -2.43. The predicted octanol–water partition coefficient (Wildman–Crippen LogP) is 1.93. The third-order valence-corrected chi connectivity index (χ3v) is 8.93. The second-order valence-corrected chi connectivity index (χ2v) is 11.4. The van der Waals surface area contributed by atoms with Crippen LogP contribution in [-0.4, -0.2) is 52.8 Å². The largest absolute Gasteiger partial charge is 0.495 e. The first-order valence-electron chi connectivity index (χ1n) is 10.3. The zero-order valence-corrected chi connectivity index (χ0v) is 19.2. The number of nitrogens with zero attached hydrogens (tertiary/aromatic N) is 1. The highest BCUT2D eigenvalue weighted by Crippen LogP contribution is 2.31. The highest BCUT2D eigenvalue weighted by atomic mass is 32.2. The van der Waals surface area contributed by atoms with E-state index in [2.05, 4.69) is 10.0 Å². The predicted molar refractivity (Wildman–Crippen MR) is 118 cm³/mol. The minimum Gasteiger partial charge on any atom is -0.495 e. The molecule has 1 saturated heterocycles. The van der Waals surface area contributed by atoms with Crippen molar-refractivity contribution in [2.45, 2.75) is 47.6 Å². The molecule has 1 heterocycles. The molecule has 1 amide bonds. The zero-order valence-electron chi connectivity index (χ0n) is 17.5. The van der Waals surface area contributed by atoms with Gasteiger partial charge in [-0.2, -0.15) is 4.31 Å². The molecular weight excluding hydrogens is 454 g/mol. The van der Waals surface area contributed by atoms with Crippen LogP contribution in [0.3, 0.4) is 0 Å². The summed E-state index contributed by atoms with van der Waals surface area (Å²) < 4.78 is 60.3. The number of anilines is 1. The van der Waals surface area contributed by atoms with Gasteiger partial charge in [-0.15, -0.1) is 0 Å². The first kappa shape index (κ1) is 22.7. The van der Waals surface area contributed by atoms with E-state index in [-0.39, 0.29) is 33.8 Å². The summed E-state index contributed by atoms with van der Waals surface area (Å²) in [5, 5.41) is 2.68. The van der Waals surface area contributed by atoms with Crippen LogP contribution in [0.1, 0.15) is 25.7 Å². The molecule has 0 spiro atoms. The maximum absolute atomic E-state index is 13.1. The Hall–Kier alpha value is -2.47. The summed E-state index contributed by atoms with van der Waals surface area (Å²) in [6, 6.07) is 11.2. The van der Waals surface area contributed by atoms with Crippen LogP contribution < -0.4 is 14.8 Å². The molecule has 0 radical (unpaired) electrons. The van der Waals surface area contributed by atoms with Crippen molar-refractivity contribution in [2.75, 3.05) is 19.0 Å². The van der Waals surface area contributed by atoms with Crippen LogP contribution in [0.5, 0.6) is 5.75 Å². The smallest absolute Gasteiger partial charge is 0.243 e. The van der Waals surface area contributed by atoms with Gasteiger partial charge in [-0.05, 0) is 56.0 Å². The number of ether oxygens (including phenoxy) is 1. The molecule has 11 heteroatoms. The van der Waals surface area contributed by atoms with E-state index in [1.807, 2.05) is 0 Å². The molecule has 32 heavy (non-hydrogen) atoms. The number of benzene rings is 2. The maximum atomic E-state index is 13.1. The molecule has 1 aliphatic heterocycles. The zero-order chi connectivity index (χ0) is 22.9. The molecule has 0 bridgehead atoms. The maximum Gasteiger partial charge on any atom is 0.243 e. The van der Waals surface area contributed by atoms with Crippen molar-refractivity contribution in [1.82, 2.24) is 9.03 Å². The van der Waals surface area contributed by atoms with Gasteiger partial charge in [-0.3, -0.25) is 4.79 Å². The molecule has 1 atom stereocenters. The fourth-order valence-corrected chi connectivity index (χ4v) is 6.68. The van der Waals surface area contributed by atoms with Gasteiger partial charge in [0.1, 0.15) is 11.8 Å². The molecule has 2 aliphatic rings. The number of nitrogens with one attached hydrogen (secondary N) is 2. The number of rotatable bonds is 8. The van der Waals surface area contributed by atoms with E-state index in [9.17, 15) is 21.6 Å². The monoisotopic (exact) mass is 479 g/mol. The van der Waals surface area contributed by atoms with Gasteiger partial charge in [0, 0.05) is 12.6 Å². The number of methoxy groups -OCH3 is 1. The summed E-state index contributed by atoms with van der Waals surface area (Å²) in [4.78, 5) is 13.2. The average Bonchev–Trinajstić information content (AvgIpc) is 3.43. The van der Waals surface area contributed by atoms with Gasteiger partial charge in [-0.1, -0.05) is 18.2 Å². The van der Waals surface area contributed by atoms with Crippen molar-refractivity contribution in [3.05, 3.63) is 48.5 Å². The Labute approximate surface area is 187 Å². The SMILES string of the molecule is COc1ccc(S(=O)(=O)NC2CC2)cc1NC(=O)C1CCCN1S(=O)(=O)c1ccccc1. The summed E-state index contributed by atoms with van der Waals surface area (Å²) >= 11 is 0. The Morgan fingerprint density at radius 3 is 2.38 bits per heavy atom. The van der Waals surface area contributed by atoms with Crippen LogP contribution >= 0.6 is 0 Å². The van der Waals surface area contributed by atoms with Gasteiger partial charge >= 0.3 is 0 Å². The van der Waals surface area contributed by atoms with Crippen molar-refractivity contribution in [3.63, 3.8) is 0 Å². The Balaban J connectivity index is 1.58. The normalized spacial score (nSPS) is 19.6. The van der Waals surface area contributed by atoms with E-state index in [0.29, 0.717) is 12.8 Å². The number of hydrogen-bond donors (Lipinski definition) is 2. The van der Waals surface area contributed by atoms with Crippen molar-refractivity contribution in [1.29, 1.82) is 0 Å². The lowest BCUT2D eigenvalue weighted by atomic mass is 10.2. The Morgan fingerprint density at radius 1 is 1.00 bits per heavy atom. The number of carbonyl (C=O) groups excluding carboxylic acids is 1. The lowest BCUT2D eigenvalue weighted by Gasteiger charge is -2.24. The van der Waals surface area contributed by atoms with Crippen LogP contribution in [0, 0.1) is 0 Å². The third kappa shape index (κ3) is 4.65. The number of hydrogen-bond acceptors (Lipinski definition) is 6. The standard InChI is InChI=1S/C21H25N3O6S2/c1-30-20-12-11-17(31(26,27)23-15-9-10-15)14-18(20)22-21(25)19-8-5-13-24(19)32(28,29)16-6-3-2-4-7-16/h2-4,6-7,11-12,14-15,19,23H,5,8-10,13H2,1H3,(H,22,25). The quantitative estimate of drug-likeness (QED) is 0.597. The first-order chi connectivity index (χ1) is 15.2. The van der Waals surface area contributed by atoms with Gasteiger partial charge < -0.3 is 10.1 Å². The lowest BCUT2D eigenvalue weighted by molar-refractivity contribution is -0.119. The van der Waals surface area contributed by atoms with E-state index >= 15 is 0 Å². The summed E-state index contributed by atoms with van der Waals surface area (Å²) in [7, 11) is -6.17. The van der Waals surface area contributed by atoms with Gasteiger partial charge in [0.25, 0.3) is 0 Å². The molecule has 1 aliphatic carbocycles. The highest BCUT2D eigenvalue weighted by Gasteiger charge is 2.39. The molecule has 172 valence electrons.